The van der Waals surface area contributed by atoms with Gasteiger partial charge >= 0.3 is 5.97 Å². The summed E-state index contributed by atoms with van der Waals surface area (Å²) in [5.41, 5.74) is 3.56. The minimum Gasteiger partial charge on any atom is -0.463 e. The fraction of sp³-hybridized carbons (Fsp3) is 0.565. The lowest BCUT2D eigenvalue weighted by Crippen LogP contribution is -2.52. The van der Waals surface area contributed by atoms with E-state index in [0.29, 0.717) is 12.8 Å². The number of piperidine rings is 1. The Morgan fingerprint density at radius 3 is 2.86 bits per heavy atom. The van der Waals surface area contributed by atoms with Crippen molar-refractivity contribution in [1.29, 1.82) is 0 Å². The topological polar surface area (TPSA) is 62.4 Å². The van der Waals surface area contributed by atoms with Gasteiger partial charge in [0.1, 0.15) is 0 Å². The Bertz CT molecular complexity index is 900. The zero-order chi connectivity index (χ0) is 19.9. The summed E-state index contributed by atoms with van der Waals surface area (Å²) in [6.45, 7) is 6.72. The van der Waals surface area contributed by atoms with Crippen LogP contribution in [0.15, 0.2) is 24.3 Å². The maximum atomic E-state index is 12.8. The number of aromatic amines is 1. The van der Waals surface area contributed by atoms with Crippen LogP contribution >= 0.6 is 0 Å². The highest BCUT2D eigenvalue weighted by Crippen LogP contribution is 2.54. The van der Waals surface area contributed by atoms with E-state index >= 15 is 0 Å². The molecule has 0 bridgehead atoms. The number of nitrogens with one attached hydrogen (secondary N) is 1. The van der Waals surface area contributed by atoms with Crippen LogP contribution in [0.25, 0.3) is 10.9 Å². The third kappa shape index (κ3) is 3.11. The number of benzene rings is 1. The molecule has 1 aromatic heterocycles. The van der Waals surface area contributed by atoms with E-state index in [-0.39, 0.29) is 29.4 Å². The first-order valence-corrected chi connectivity index (χ1v) is 10.5. The predicted molar refractivity (Wildman–Crippen MR) is 109 cm³/mol. The molecule has 0 saturated carbocycles. The van der Waals surface area contributed by atoms with Crippen LogP contribution in [0.3, 0.4) is 0 Å². The predicted octanol–water partition coefficient (Wildman–Crippen LogP) is 4.52. The molecule has 1 amide bonds. The summed E-state index contributed by atoms with van der Waals surface area (Å²) in [7, 11) is 0. The van der Waals surface area contributed by atoms with E-state index in [1.165, 1.54) is 16.6 Å². The molecule has 2 aliphatic rings. The lowest BCUT2D eigenvalue weighted by molar-refractivity contribution is -0.151. The van der Waals surface area contributed by atoms with E-state index in [1.54, 1.807) is 0 Å². The van der Waals surface area contributed by atoms with Crippen LogP contribution in [0.5, 0.6) is 0 Å². The first-order chi connectivity index (χ1) is 13.4. The molecule has 1 fully saturated rings. The molecule has 0 radical (unpaired) electrons. The standard InChI is InChI=1S/C23H30N2O3/c1-4-23(13-10-20(27)28-15(2)3)12-9-19(26)25-14-11-17-16-7-5-6-8-18(16)24-21(17)22(23)25/h5-8,15,22,24H,4,9-14H2,1-3H3/t22-,23+/m1/s1. The number of carbonyl (C=O) groups is 2. The first-order valence-electron chi connectivity index (χ1n) is 10.5. The van der Waals surface area contributed by atoms with Crippen LogP contribution in [-0.2, 0) is 20.7 Å². The van der Waals surface area contributed by atoms with Gasteiger partial charge in [0.05, 0.1) is 12.1 Å². The number of rotatable bonds is 5. The van der Waals surface area contributed by atoms with E-state index in [4.69, 9.17) is 4.74 Å². The van der Waals surface area contributed by atoms with Crippen LogP contribution in [0.2, 0.25) is 0 Å². The second-order valence-corrected chi connectivity index (χ2v) is 8.56. The monoisotopic (exact) mass is 382 g/mol. The SMILES string of the molecule is CC[C@@]1(CCC(=O)OC(C)C)CCC(=O)N2CCc3c([nH]c4ccccc34)[C@@H]21. The average molecular weight is 383 g/mol. The molecule has 2 aromatic rings. The number of hydrogen-bond donors (Lipinski definition) is 1. The van der Waals surface area contributed by atoms with Crippen molar-refractivity contribution < 1.29 is 14.3 Å². The summed E-state index contributed by atoms with van der Waals surface area (Å²) >= 11 is 0. The molecule has 0 aliphatic carbocycles. The number of H-pyrrole nitrogens is 1. The molecule has 5 nitrogen and oxygen atoms in total. The van der Waals surface area contributed by atoms with Gasteiger partial charge in [-0.1, -0.05) is 25.1 Å². The van der Waals surface area contributed by atoms with Gasteiger partial charge in [-0.15, -0.1) is 0 Å². The second-order valence-electron chi connectivity index (χ2n) is 8.56. The average Bonchev–Trinajstić information content (AvgIpc) is 3.06. The van der Waals surface area contributed by atoms with E-state index in [0.717, 1.165) is 37.7 Å². The van der Waals surface area contributed by atoms with Gasteiger partial charge in [0.15, 0.2) is 0 Å². The molecule has 0 unspecified atom stereocenters. The van der Waals surface area contributed by atoms with E-state index in [9.17, 15) is 9.59 Å². The molecule has 1 saturated heterocycles. The van der Waals surface area contributed by atoms with Gasteiger partial charge in [-0.05, 0) is 56.6 Å². The quantitative estimate of drug-likeness (QED) is 0.774. The molecule has 2 aliphatic heterocycles. The van der Waals surface area contributed by atoms with Crippen LogP contribution in [0.4, 0.5) is 0 Å². The Morgan fingerprint density at radius 2 is 2.11 bits per heavy atom. The van der Waals surface area contributed by atoms with Crippen molar-refractivity contribution in [2.24, 2.45) is 5.41 Å². The third-order valence-electron chi connectivity index (χ3n) is 6.67. The Hall–Kier alpha value is -2.30. The molecule has 0 spiro atoms. The van der Waals surface area contributed by atoms with Crippen molar-refractivity contribution in [2.45, 2.75) is 71.4 Å². The van der Waals surface area contributed by atoms with E-state index in [1.807, 2.05) is 19.9 Å². The second kappa shape index (κ2) is 7.26. The Labute approximate surface area is 166 Å². The van der Waals surface area contributed by atoms with Crippen molar-refractivity contribution in [2.75, 3.05) is 6.54 Å². The smallest absolute Gasteiger partial charge is 0.306 e. The number of nitrogens with zero attached hydrogens (tertiary/aromatic N) is 1. The van der Waals surface area contributed by atoms with Gasteiger partial charge < -0.3 is 14.6 Å². The third-order valence-corrected chi connectivity index (χ3v) is 6.67. The minimum atomic E-state index is -0.140. The maximum absolute atomic E-state index is 12.8. The molecular weight excluding hydrogens is 352 g/mol. The van der Waals surface area contributed by atoms with Crippen LogP contribution in [-0.4, -0.2) is 34.4 Å². The molecule has 3 heterocycles. The number of fused-ring (bicyclic) bond motifs is 5. The van der Waals surface area contributed by atoms with Crippen LogP contribution < -0.4 is 0 Å². The highest BCUT2D eigenvalue weighted by molar-refractivity contribution is 5.86. The molecule has 5 heteroatoms. The Balaban J connectivity index is 1.72. The number of hydrogen-bond acceptors (Lipinski definition) is 3. The van der Waals surface area contributed by atoms with Gasteiger partial charge in [-0.3, -0.25) is 9.59 Å². The van der Waals surface area contributed by atoms with Crippen molar-refractivity contribution >= 4 is 22.8 Å². The number of para-hydroxylation sites is 1. The molecule has 150 valence electrons. The lowest BCUT2D eigenvalue weighted by atomic mass is 9.65. The normalized spacial score (nSPS) is 24.4. The van der Waals surface area contributed by atoms with Gasteiger partial charge in [0.2, 0.25) is 5.91 Å². The number of amides is 1. The summed E-state index contributed by atoms with van der Waals surface area (Å²) in [6, 6.07) is 8.41. The number of esters is 1. The molecule has 4 rings (SSSR count). The summed E-state index contributed by atoms with van der Waals surface area (Å²) in [4.78, 5) is 30.7. The molecule has 28 heavy (non-hydrogen) atoms. The summed E-state index contributed by atoms with van der Waals surface area (Å²) in [6.07, 6.45) is 4.27. The zero-order valence-corrected chi connectivity index (χ0v) is 17.1. The molecular formula is C23H30N2O3. The summed E-state index contributed by atoms with van der Waals surface area (Å²) in [5, 5.41) is 1.26. The summed E-state index contributed by atoms with van der Waals surface area (Å²) in [5.74, 6) is 0.0992. The van der Waals surface area contributed by atoms with Crippen molar-refractivity contribution in [1.82, 2.24) is 9.88 Å². The Morgan fingerprint density at radius 1 is 1.32 bits per heavy atom. The van der Waals surface area contributed by atoms with E-state index in [2.05, 4.69) is 35.0 Å². The fourth-order valence-corrected chi connectivity index (χ4v) is 5.26. The first kappa shape index (κ1) is 19.0. The van der Waals surface area contributed by atoms with Crippen LogP contribution in [0, 0.1) is 5.41 Å². The Kier molecular flexibility index (Phi) is 4.94. The number of carbonyl (C=O) groups excluding carboxylic acids is 2. The fourth-order valence-electron chi connectivity index (χ4n) is 5.26. The highest BCUT2D eigenvalue weighted by Gasteiger charge is 2.50. The van der Waals surface area contributed by atoms with Crippen molar-refractivity contribution in [3.63, 3.8) is 0 Å². The van der Waals surface area contributed by atoms with E-state index < -0.39 is 0 Å². The van der Waals surface area contributed by atoms with Gasteiger partial charge in [-0.25, -0.2) is 0 Å². The van der Waals surface area contributed by atoms with Crippen LogP contribution in [0.1, 0.15) is 70.2 Å². The lowest BCUT2D eigenvalue weighted by Gasteiger charge is -2.51. The molecule has 2 atom stereocenters. The summed E-state index contributed by atoms with van der Waals surface area (Å²) < 4.78 is 5.38. The van der Waals surface area contributed by atoms with Gasteiger partial charge in [0.25, 0.3) is 0 Å². The molecule has 1 aromatic carbocycles. The largest absolute Gasteiger partial charge is 0.463 e. The molecule has 1 N–H and O–H groups in total. The zero-order valence-electron chi connectivity index (χ0n) is 17.1. The van der Waals surface area contributed by atoms with Gasteiger partial charge in [-0.2, -0.15) is 0 Å². The minimum absolute atomic E-state index is 0.0155. The van der Waals surface area contributed by atoms with Crippen molar-refractivity contribution in [3.8, 4) is 0 Å². The maximum Gasteiger partial charge on any atom is 0.306 e. The highest BCUT2D eigenvalue weighted by atomic mass is 16.5. The van der Waals surface area contributed by atoms with Gasteiger partial charge in [0, 0.05) is 36.0 Å². The number of aromatic nitrogens is 1. The number of ether oxygens (including phenoxy) is 1. The van der Waals surface area contributed by atoms with Crippen molar-refractivity contribution in [3.05, 3.63) is 35.5 Å².